The number of methoxy groups -OCH3 is 1. The summed E-state index contributed by atoms with van der Waals surface area (Å²) >= 11 is 1.66. The fourth-order valence-electron chi connectivity index (χ4n) is 4.75. The molecule has 1 saturated heterocycles. The second-order valence-corrected chi connectivity index (χ2v) is 9.20. The van der Waals surface area contributed by atoms with Gasteiger partial charge in [0.05, 0.1) is 18.7 Å². The quantitative estimate of drug-likeness (QED) is 0.675. The number of aromatic nitrogens is 2. The lowest BCUT2D eigenvalue weighted by molar-refractivity contribution is -0.156. The van der Waals surface area contributed by atoms with Gasteiger partial charge < -0.3 is 10.1 Å². The summed E-state index contributed by atoms with van der Waals surface area (Å²) in [7, 11) is 1.49. The molecule has 1 spiro atoms. The average molecular weight is 397 g/mol. The highest BCUT2D eigenvalue weighted by atomic mass is 32.2. The van der Waals surface area contributed by atoms with E-state index in [4.69, 9.17) is 4.74 Å². The molecule has 0 atom stereocenters. The number of esters is 1. The molecule has 0 radical (unpaired) electrons. The SMILES string of the molecule is COC(=O)C1CC2(CCN(Cc3ccc4c(c3)Nc3nccnc3S4)CC2)C1. The minimum atomic E-state index is -0.0289. The lowest BCUT2D eigenvalue weighted by Crippen LogP contribution is -2.48. The van der Waals surface area contributed by atoms with Crippen LogP contribution in [0.15, 0.2) is 40.5 Å². The zero-order chi connectivity index (χ0) is 19.1. The number of carbonyl (C=O) groups excluding carboxylic acids is 1. The summed E-state index contributed by atoms with van der Waals surface area (Å²) in [6.45, 7) is 3.16. The van der Waals surface area contributed by atoms with E-state index in [0.717, 1.165) is 49.0 Å². The maximum absolute atomic E-state index is 11.7. The molecule has 1 aromatic heterocycles. The monoisotopic (exact) mass is 396 g/mol. The van der Waals surface area contributed by atoms with Gasteiger partial charge in [-0.1, -0.05) is 17.8 Å². The van der Waals surface area contributed by atoms with Gasteiger partial charge in [0.25, 0.3) is 0 Å². The van der Waals surface area contributed by atoms with Crippen molar-refractivity contribution < 1.29 is 9.53 Å². The molecule has 2 fully saturated rings. The number of ether oxygens (including phenoxy) is 1. The summed E-state index contributed by atoms with van der Waals surface area (Å²) in [5.41, 5.74) is 2.81. The van der Waals surface area contributed by atoms with Crippen molar-refractivity contribution in [3.05, 3.63) is 36.2 Å². The molecular formula is C21H24N4O2S. The van der Waals surface area contributed by atoms with Gasteiger partial charge >= 0.3 is 5.97 Å². The van der Waals surface area contributed by atoms with Crippen LogP contribution in [0.4, 0.5) is 11.5 Å². The van der Waals surface area contributed by atoms with Crippen LogP contribution in [0.3, 0.4) is 0 Å². The number of nitrogens with zero attached hydrogens (tertiary/aromatic N) is 3. The van der Waals surface area contributed by atoms with E-state index in [-0.39, 0.29) is 11.9 Å². The molecule has 28 heavy (non-hydrogen) atoms. The Morgan fingerprint density at radius 1 is 1.29 bits per heavy atom. The number of benzene rings is 1. The predicted molar refractivity (Wildman–Crippen MR) is 108 cm³/mol. The van der Waals surface area contributed by atoms with E-state index < -0.39 is 0 Å². The zero-order valence-electron chi connectivity index (χ0n) is 16.0. The Balaban J connectivity index is 1.19. The van der Waals surface area contributed by atoms with E-state index in [1.54, 1.807) is 24.2 Å². The molecule has 2 aromatic rings. The first-order valence-electron chi connectivity index (χ1n) is 9.83. The highest BCUT2D eigenvalue weighted by molar-refractivity contribution is 7.99. The van der Waals surface area contributed by atoms with Gasteiger partial charge in [-0.15, -0.1) is 0 Å². The Morgan fingerprint density at radius 3 is 2.86 bits per heavy atom. The van der Waals surface area contributed by atoms with Gasteiger partial charge in [0.15, 0.2) is 5.82 Å². The normalized spacial score (nSPS) is 20.6. The van der Waals surface area contributed by atoms with Crippen LogP contribution in [-0.2, 0) is 16.1 Å². The van der Waals surface area contributed by atoms with Crippen molar-refractivity contribution >= 4 is 29.2 Å². The third-order valence-corrected chi connectivity index (χ3v) is 7.45. The van der Waals surface area contributed by atoms with Gasteiger partial charge in [-0.3, -0.25) is 9.69 Å². The standard InChI is InChI=1S/C21H24N4O2S/c1-27-20(26)15-11-21(12-15)4-8-25(9-5-21)13-14-2-3-17-16(10-14)24-18-19(28-17)23-7-6-22-18/h2-3,6-7,10,15H,4-5,8-9,11-13H2,1H3,(H,22,24). The highest BCUT2D eigenvalue weighted by Gasteiger charge is 2.48. The molecule has 3 aliphatic rings. The first-order valence-corrected chi connectivity index (χ1v) is 10.6. The molecule has 1 aliphatic carbocycles. The van der Waals surface area contributed by atoms with Gasteiger partial charge in [-0.25, -0.2) is 9.97 Å². The maximum atomic E-state index is 11.7. The van der Waals surface area contributed by atoms with Crippen molar-refractivity contribution in [2.24, 2.45) is 11.3 Å². The Kier molecular flexibility index (Phi) is 4.51. The number of anilines is 2. The van der Waals surface area contributed by atoms with Crippen LogP contribution in [0.2, 0.25) is 0 Å². The van der Waals surface area contributed by atoms with Crippen LogP contribution in [0, 0.1) is 11.3 Å². The number of hydrogen-bond donors (Lipinski definition) is 1. The molecule has 5 rings (SSSR count). The zero-order valence-corrected chi connectivity index (χ0v) is 16.8. The van der Waals surface area contributed by atoms with Crippen molar-refractivity contribution in [2.75, 3.05) is 25.5 Å². The van der Waals surface area contributed by atoms with Gasteiger partial charge in [-0.05, 0) is 61.9 Å². The van der Waals surface area contributed by atoms with Gasteiger partial charge in [-0.2, -0.15) is 0 Å². The number of piperidine rings is 1. The molecule has 7 heteroatoms. The average Bonchev–Trinajstić information content (AvgIpc) is 2.70. The van der Waals surface area contributed by atoms with Crippen LogP contribution in [-0.4, -0.2) is 41.0 Å². The lowest BCUT2D eigenvalue weighted by atomic mass is 9.57. The summed E-state index contributed by atoms with van der Waals surface area (Å²) in [6, 6.07) is 6.63. The van der Waals surface area contributed by atoms with E-state index in [1.807, 2.05) is 0 Å². The molecule has 1 N–H and O–H groups in total. The number of rotatable bonds is 3. The van der Waals surface area contributed by atoms with E-state index in [9.17, 15) is 4.79 Å². The first kappa shape index (κ1) is 17.9. The summed E-state index contributed by atoms with van der Waals surface area (Å²) < 4.78 is 4.89. The van der Waals surface area contributed by atoms with Gasteiger partial charge in [0.1, 0.15) is 5.03 Å². The molecule has 3 heterocycles. The van der Waals surface area contributed by atoms with Crippen LogP contribution < -0.4 is 5.32 Å². The highest BCUT2D eigenvalue weighted by Crippen LogP contribution is 2.53. The van der Waals surface area contributed by atoms with Crippen molar-refractivity contribution in [1.29, 1.82) is 0 Å². The molecular weight excluding hydrogens is 372 g/mol. The van der Waals surface area contributed by atoms with Crippen LogP contribution in [0.25, 0.3) is 0 Å². The minimum absolute atomic E-state index is 0.0289. The predicted octanol–water partition coefficient (Wildman–Crippen LogP) is 3.85. The molecule has 6 nitrogen and oxygen atoms in total. The third kappa shape index (κ3) is 3.26. The van der Waals surface area contributed by atoms with Gasteiger partial charge in [0.2, 0.25) is 0 Å². The van der Waals surface area contributed by atoms with Crippen LogP contribution in [0.5, 0.6) is 0 Å². The topological polar surface area (TPSA) is 67.3 Å². The smallest absolute Gasteiger partial charge is 0.308 e. The van der Waals surface area contributed by atoms with Crippen LogP contribution >= 0.6 is 11.8 Å². The van der Waals surface area contributed by atoms with Crippen molar-refractivity contribution in [2.45, 2.75) is 42.1 Å². The van der Waals surface area contributed by atoms with Crippen molar-refractivity contribution in [3.63, 3.8) is 0 Å². The lowest BCUT2D eigenvalue weighted by Gasteiger charge is -2.51. The molecule has 0 amide bonds. The Labute approximate surface area is 169 Å². The fourth-order valence-corrected chi connectivity index (χ4v) is 5.63. The molecule has 1 aromatic carbocycles. The fraction of sp³-hybridized carbons (Fsp3) is 0.476. The molecule has 0 bridgehead atoms. The van der Waals surface area contributed by atoms with Crippen molar-refractivity contribution in [1.82, 2.24) is 14.9 Å². The Hall–Kier alpha value is -2.12. The summed E-state index contributed by atoms with van der Waals surface area (Å²) in [4.78, 5) is 24.2. The molecule has 1 saturated carbocycles. The number of carbonyl (C=O) groups is 1. The first-order chi connectivity index (χ1) is 13.6. The molecule has 2 aliphatic heterocycles. The Bertz CT molecular complexity index is 903. The number of fused-ring (bicyclic) bond motifs is 2. The Morgan fingerprint density at radius 2 is 2.07 bits per heavy atom. The van der Waals surface area contributed by atoms with E-state index in [1.165, 1.54) is 30.4 Å². The minimum Gasteiger partial charge on any atom is -0.469 e. The maximum Gasteiger partial charge on any atom is 0.308 e. The molecule has 0 unspecified atom stereocenters. The number of likely N-dealkylation sites (tertiary alicyclic amines) is 1. The van der Waals surface area contributed by atoms with Crippen molar-refractivity contribution in [3.8, 4) is 0 Å². The van der Waals surface area contributed by atoms with E-state index in [2.05, 4.69) is 38.4 Å². The van der Waals surface area contributed by atoms with E-state index >= 15 is 0 Å². The summed E-state index contributed by atoms with van der Waals surface area (Å²) in [6.07, 6.45) is 7.83. The summed E-state index contributed by atoms with van der Waals surface area (Å²) in [5, 5.41) is 4.34. The number of hydrogen-bond acceptors (Lipinski definition) is 7. The third-order valence-electron chi connectivity index (χ3n) is 6.38. The summed E-state index contributed by atoms with van der Waals surface area (Å²) in [5.74, 6) is 0.938. The van der Waals surface area contributed by atoms with E-state index in [0.29, 0.717) is 5.41 Å². The molecule has 146 valence electrons. The van der Waals surface area contributed by atoms with Gasteiger partial charge in [0, 0.05) is 23.8 Å². The largest absolute Gasteiger partial charge is 0.469 e. The second kappa shape index (κ2) is 7.04. The second-order valence-electron chi connectivity index (χ2n) is 8.17. The number of nitrogens with one attached hydrogen (secondary N) is 1. The van der Waals surface area contributed by atoms with Crippen LogP contribution in [0.1, 0.15) is 31.2 Å².